The van der Waals surface area contributed by atoms with Crippen molar-refractivity contribution in [3.05, 3.63) is 39.0 Å². The van der Waals surface area contributed by atoms with E-state index in [0.717, 1.165) is 15.8 Å². The normalized spacial score (nSPS) is 11.2. The third kappa shape index (κ3) is 4.48. The second-order valence-corrected chi connectivity index (χ2v) is 9.31. The van der Waals surface area contributed by atoms with E-state index >= 15 is 0 Å². The van der Waals surface area contributed by atoms with Crippen molar-refractivity contribution in [1.29, 1.82) is 0 Å². The van der Waals surface area contributed by atoms with E-state index in [9.17, 15) is 14.9 Å². The van der Waals surface area contributed by atoms with E-state index in [-0.39, 0.29) is 42.1 Å². The van der Waals surface area contributed by atoms with Crippen LogP contribution in [0.1, 0.15) is 24.3 Å². The van der Waals surface area contributed by atoms with E-state index in [1.165, 1.54) is 28.8 Å². The Bertz CT molecular complexity index is 1400. The van der Waals surface area contributed by atoms with Gasteiger partial charge < -0.3 is 14.8 Å². The largest absolute Gasteiger partial charge is 0.491 e. The lowest BCUT2D eigenvalue weighted by atomic mass is 10.2. The number of hydrogen-bond acceptors (Lipinski definition) is 10. The number of nitrogens with zero attached hydrogens (tertiary/aromatic N) is 5. The minimum atomic E-state index is -0.549. The fourth-order valence-corrected chi connectivity index (χ4v) is 5.07. The van der Waals surface area contributed by atoms with E-state index in [1.807, 2.05) is 13.8 Å². The summed E-state index contributed by atoms with van der Waals surface area (Å²) in [7, 11) is 0. The number of anilines is 1. The van der Waals surface area contributed by atoms with Gasteiger partial charge in [-0.15, -0.1) is 21.5 Å². The molecule has 0 unspecified atom stereocenters. The maximum atomic E-state index is 12.7. The van der Waals surface area contributed by atoms with E-state index in [0.29, 0.717) is 16.5 Å². The van der Waals surface area contributed by atoms with Crippen LogP contribution in [0.5, 0.6) is 11.5 Å². The SMILES string of the molecule is CCOc1cc([N+](=O)[O-])c(OCC)cc1NC(=O)CSc1nnc2c3c(C)c(C)sc3ncn12. The van der Waals surface area contributed by atoms with E-state index < -0.39 is 4.92 Å². The summed E-state index contributed by atoms with van der Waals surface area (Å²) >= 11 is 2.81. The predicted molar refractivity (Wildman–Crippen MR) is 130 cm³/mol. The summed E-state index contributed by atoms with van der Waals surface area (Å²) < 4.78 is 12.7. The van der Waals surface area contributed by atoms with Gasteiger partial charge in [-0.2, -0.15) is 0 Å². The maximum absolute atomic E-state index is 12.7. The topological polar surface area (TPSA) is 134 Å². The molecule has 0 atom stereocenters. The Labute approximate surface area is 202 Å². The summed E-state index contributed by atoms with van der Waals surface area (Å²) in [5.74, 6) is -0.0548. The summed E-state index contributed by atoms with van der Waals surface area (Å²) in [6.45, 7) is 8.06. The van der Waals surface area contributed by atoms with Crippen LogP contribution < -0.4 is 14.8 Å². The fraction of sp³-hybridized carbons (Fsp3) is 0.333. The van der Waals surface area contributed by atoms with Crippen LogP contribution in [0.4, 0.5) is 11.4 Å². The summed E-state index contributed by atoms with van der Waals surface area (Å²) in [5.41, 5.74) is 1.88. The van der Waals surface area contributed by atoms with Gasteiger partial charge in [0, 0.05) is 10.9 Å². The van der Waals surface area contributed by atoms with Crippen molar-refractivity contribution in [3.63, 3.8) is 0 Å². The Morgan fingerprint density at radius 2 is 1.94 bits per heavy atom. The molecule has 4 rings (SSSR count). The van der Waals surface area contributed by atoms with Gasteiger partial charge in [0.05, 0.1) is 41.0 Å². The number of thioether (sulfide) groups is 1. The van der Waals surface area contributed by atoms with Crippen LogP contribution in [0.3, 0.4) is 0 Å². The van der Waals surface area contributed by atoms with Crippen LogP contribution in [0, 0.1) is 24.0 Å². The van der Waals surface area contributed by atoms with Crippen LogP contribution in [0.15, 0.2) is 23.6 Å². The number of nitrogens with one attached hydrogen (secondary N) is 1. The van der Waals surface area contributed by atoms with Gasteiger partial charge >= 0.3 is 5.69 Å². The number of carbonyl (C=O) groups excluding carboxylic acids is 1. The zero-order valence-corrected chi connectivity index (χ0v) is 20.6. The van der Waals surface area contributed by atoms with Gasteiger partial charge in [0.2, 0.25) is 5.91 Å². The Kier molecular flexibility index (Phi) is 6.84. The second-order valence-electron chi connectivity index (χ2n) is 7.16. The smallest absolute Gasteiger partial charge is 0.314 e. The van der Waals surface area contributed by atoms with Gasteiger partial charge in [0.15, 0.2) is 16.6 Å². The first-order chi connectivity index (χ1) is 16.3. The molecule has 34 heavy (non-hydrogen) atoms. The molecule has 0 bridgehead atoms. The lowest BCUT2D eigenvalue weighted by Gasteiger charge is -2.14. The summed E-state index contributed by atoms with van der Waals surface area (Å²) in [6, 6.07) is 2.66. The zero-order chi connectivity index (χ0) is 24.4. The van der Waals surface area contributed by atoms with E-state index in [4.69, 9.17) is 9.47 Å². The highest BCUT2D eigenvalue weighted by atomic mass is 32.2. The van der Waals surface area contributed by atoms with Crippen LogP contribution in [-0.4, -0.2) is 49.4 Å². The number of nitro benzene ring substituents is 1. The van der Waals surface area contributed by atoms with Crippen molar-refractivity contribution < 1.29 is 19.2 Å². The molecular formula is C21H22N6O5S2. The van der Waals surface area contributed by atoms with Crippen LogP contribution in [0.25, 0.3) is 15.9 Å². The quantitative estimate of drug-likeness (QED) is 0.201. The standard InChI is InChI=1S/C21H22N6O5S2/c1-5-31-15-8-14(27(29)30)16(32-6-2)7-13(15)23-17(28)9-33-21-25-24-19-18-11(3)12(4)34-20(18)22-10-26(19)21/h7-8,10H,5-6,9H2,1-4H3,(H,23,28). The molecule has 0 fully saturated rings. The molecule has 0 saturated carbocycles. The molecule has 1 aromatic carbocycles. The molecule has 3 aromatic heterocycles. The Morgan fingerprint density at radius 3 is 2.65 bits per heavy atom. The molecule has 11 nitrogen and oxygen atoms in total. The van der Waals surface area contributed by atoms with Crippen molar-refractivity contribution in [1.82, 2.24) is 19.6 Å². The van der Waals surface area contributed by atoms with Gasteiger partial charge in [-0.25, -0.2) is 4.98 Å². The van der Waals surface area contributed by atoms with Gasteiger partial charge in [-0.1, -0.05) is 11.8 Å². The molecule has 13 heteroatoms. The molecule has 178 valence electrons. The lowest BCUT2D eigenvalue weighted by molar-refractivity contribution is -0.385. The number of ether oxygens (including phenoxy) is 2. The third-order valence-corrected chi connectivity index (χ3v) is 7.07. The Morgan fingerprint density at radius 1 is 1.21 bits per heavy atom. The van der Waals surface area contributed by atoms with Gasteiger partial charge in [0.1, 0.15) is 16.9 Å². The highest BCUT2D eigenvalue weighted by molar-refractivity contribution is 7.99. The van der Waals surface area contributed by atoms with Crippen molar-refractivity contribution >= 4 is 56.2 Å². The first-order valence-corrected chi connectivity index (χ1v) is 12.2. The van der Waals surface area contributed by atoms with Crippen molar-refractivity contribution in [3.8, 4) is 11.5 Å². The van der Waals surface area contributed by atoms with E-state index in [2.05, 4.69) is 20.5 Å². The molecule has 0 aliphatic heterocycles. The van der Waals surface area contributed by atoms with Gasteiger partial charge in [-0.3, -0.25) is 19.3 Å². The number of thiophene rings is 1. The number of aromatic nitrogens is 4. The minimum absolute atomic E-state index is 0.0347. The molecule has 0 aliphatic rings. The number of nitro groups is 1. The van der Waals surface area contributed by atoms with Gasteiger partial charge in [-0.05, 0) is 33.3 Å². The highest BCUT2D eigenvalue weighted by Gasteiger charge is 2.22. The lowest BCUT2D eigenvalue weighted by Crippen LogP contribution is -2.15. The van der Waals surface area contributed by atoms with Crippen LogP contribution in [-0.2, 0) is 4.79 Å². The van der Waals surface area contributed by atoms with Crippen molar-refractivity contribution in [2.24, 2.45) is 0 Å². The minimum Gasteiger partial charge on any atom is -0.491 e. The molecule has 0 spiro atoms. The summed E-state index contributed by atoms with van der Waals surface area (Å²) in [5, 5.41) is 24.2. The van der Waals surface area contributed by atoms with Crippen molar-refractivity contribution in [2.75, 3.05) is 24.3 Å². The number of amides is 1. The number of carbonyl (C=O) groups is 1. The number of hydrogen-bond donors (Lipinski definition) is 1. The first kappa shape index (κ1) is 23.7. The third-order valence-electron chi connectivity index (χ3n) is 5.01. The zero-order valence-electron chi connectivity index (χ0n) is 18.9. The molecule has 0 saturated heterocycles. The van der Waals surface area contributed by atoms with E-state index in [1.54, 1.807) is 35.9 Å². The number of benzene rings is 1. The molecule has 3 heterocycles. The fourth-order valence-electron chi connectivity index (χ4n) is 3.38. The van der Waals surface area contributed by atoms with Crippen LogP contribution >= 0.6 is 23.1 Å². The molecule has 1 amide bonds. The maximum Gasteiger partial charge on any atom is 0.314 e. The molecule has 4 aromatic rings. The molecular weight excluding hydrogens is 480 g/mol. The molecule has 0 radical (unpaired) electrons. The summed E-state index contributed by atoms with van der Waals surface area (Å²) in [6.07, 6.45) is 1.66. The molecule has 1 N–H and O–H groups in total. The van der Waals surface area contributed by atoms with Crippen molar-refractivity contribution in [2.45, 2.75) is 32.9 Å². The highest BCUT2D eigenvalue weighted by Crippen LogP contribution is 2.38. The first-order valence-electron chi connectivity index (χ1n) is 10.4. The number of aryl methyl sites for hydroxylation is 2. The monoisotopic (exact) mass is 502 g/mol. The number of rotatable bonds is 9. The Balaban J connectivity index is 1.55. The Hall–Kier alpha value is -3.45. The number of fused-ring (bicyclic) bond motifs is 3. The molecule has 0 aliphatic carbocycles. The average molecular weight is 503 g/mol. The van der Waals surface area contributed by atoms with Crippen LogP contribution in [0.2, 0.25) is 0 Å². The summed E-state index contributed by atoms with van der Waals surface area (Å²) in [4.78, 5) is 30.1. The van der Waals surface area contributed by atoms with Gasteiger partial charge in [0.25, 0.3) is 0 Å². The second kappa shape index (κ2) is 9.81. The average Bonchev–Trinajstić information content (AvgIpc) is 3.34. The predicted octanol–water partition coefficient (Wildman–Crippen LogP) is 4.39.